The number of para-hydroxylation sites is 1. The fourth-order valence-corrected chi connectivity index (χ4v) is 4.30. The molecular weight excluding hydrogens is 378 g/mol. The minimum absolute atomic E-state index is 0.145. The zero-order chi connectivity index (χ0) is 19.0. The van der Waals surface area contributed by atoms with Crippen LogP contribution in [0.2, 0.25) is 0 Å². The van der Waals surface area contributed by atoms with Crippen LogP contribution in [0, 0.1) is 6.92 Å². The molecule has 0 radical (unpaired) electrons. The number of aryl methyl sites for hydroxylation is 1. The molecule has 4 aromatic rings. The monoisotopic (exact) mass is 395 g/mol. The lowest BCUT2D eigenvalue weighted by molar-refractivity contribution is 0.782. The maximum Gasteiger partial charge on any atom is 0.267 e. The van der Waals surface area contributed by atoms with E-state index in [4.69, 9.17) is 4.98 Å². The zero-order valence-electron chi connectivity index (χ0n) is 15.1. The molecule has 0 N–H and O–H groups in total. The SMILES string of the molecule is Cc1ccc(-n2c(Sc3nc(C(C)C)ns3)nc3ccccc3c2=O)nc1. The van der Waals surface area contributed by atoms with Gasteiger partial charge in [0.05, 0.1) is 10.9 Å². The first-order valence-electron chi connectivity index (χ1n) is 8.49. The van der Waals surface area contributed by atoms with Crippen molar-refractivity contribution >= 4 is 34.2 Å². The average Bonchev–Trinajstić information content (AvgIpc) is 3.12. The lowest BCUT2D eigenvalue weighted by Crippen LogP contribution is -2.22. The summed E-state index contributed by atoms with van der Waals surface area (Å²) in [5, 5.41) is 1.09. The van der Waals surface area contributed by atoms with Gasteiger partial charge >= 0.3 is 0 Å². The van der Waals surface area contributed by atoms with Gasteiger partial charge in [0.1, 0.15) is 11.6 Å². The molecule has 136 valence electrons. The molecule has 0 bridgehead atoms. The third kappa shape index (κ3) is 3.50. The van der Waals surface area contributed by atoms with E-state index in [1.165, 1.54) is 23.3 Å². The molecule has 0 spiro atoms. The van der Waals surface area contributed by atoms with Crippen molar-refractivity contribution in [1.82, 2.24) is 23.9 Å². The van der Waals surface area contributed by atoms with Crippen molar-refractivity contribution in [2.45, 2.75) is 36.2 Å². The van der Waals surface area contributed by atoms with E-state index in [0.29, 0.717) is 21.9 Å². The van der Waals surface area contributed by atoms with E-state index in [-0.39, 0.29) is 11.5 Å². The molecule has 0 saturated heterocycles. The molecule has 0 amide bonds. The normalized spacial score (nSPS) is 11.4. The van der Waals surface area contributed by atoms with E-state index in [1.54, 1.807) is 16.8 Å². The molecule has 0 unspecified atom stereocenters. The van der Waals surface area contributed by atoms with Gasteiger partial charge in [-0.25, -0.2) is 19.5 Å². The Morgan fingerprint density at radius 2 is 1.93 bits per heavy atom. The molecule has 0 fully saturated rings. The summed E-state index contributed by atoms with van der Waals surface area (Å²) in [5.74, 6) is 1.59. The summed E-state index contributed by atoms with van der Waals surface area (Å²) in [6, 6.07) is 11.1. The number of nitrogens with zero attached hydrogens (tertiary/aromatic N) is 5. The molecule has 1 aromatic carbocycles. The van der Waals surface area contributed by atoms with Gasteiger partial charge in [-0.1, -0.05) is 32.0 Å². The molecule has 4 rings (SSSR count). The number of rotatable bonds is 4. The summed E-state index contributed by atoms with van der Waals surface area (Å²) in [5.41, 5.74) is 1.54. The highest BCUT2D eigenvalue weighted by Crippen LogP contribution is 2.30. The third-order valence-corrected chi connectivity index (χ3v) is 5.71. The molecule has 6 nitrogen and oxygen atoms in total. The fourth-order valence-electron chi connectivity index (χ4n) is 2.55. The first-order chi connectivity index (χ1) is 13.0. The molecule has 0 aliphatic rings. The molecule has 8 heteroatoms. The molecule has 0 atom stereocenters. The van der Waals surface area contributed by atoms with Crippen LogP contribution in [0.5, 0.6) is 0 Å². The predicted octanol–water partition coefficient (Wildman–Crippen LogP) is 4.22. The Balaban J connectivity index is 1.90. The van der Waals surface area contributed by atoms with Crippen molar-refractivity contribution in [1.29, 1.82) is 0 Å². The smallest absolute Gasteiger partial charge is 0.267 e. The number of pyridine rings is 1. The van der Waals surface area contributed by atoms with Crippen LogP contribution in [0.25, 0.3) is 16.7 Å². The second-order valence-electron chi connectivity index (χ2n) is 6.42. The first kappa shape index (κ1) is 17.8. The lowest BCUT2D eigenvalue weighted by Gasteiger charge is -2.11. The highest BCUT2D eigenvalue weighted by atomic mass is 32.2. The summed E-state index contributed by atoms with van der Waals surface area (Å²) in [7, 11) is 0. The number of hydrogen-bond donors (Lipinski definition) is 0. The van der Waals surface area contributed by atoms with Gasteiger partial charge in [-0.15, -0.1) is 0 Å². The molecule has 0 aliphatic carbocycles. The Hall–Kier alpha value is -2.58. The Kier molecular flexibility index (Phi) is 4.75. The summed E-state index contributed by atoms with van der Waals surface area (Å²) in [4.78, 5) is 26.9. The molecular formula is C19H17N5OS2. The van der Waals surface area contributed by atoms with Crippen LogP contribution in [0.4, 0.5) is 0 Å². The Morgan fingerprint density at radius 3 is 2.63 bits per heavy atom. The minimum atomic E-state index is -0.145. The summed E-state index contributed by atoms with van der Waals surface area (Å²) < 4.78 is 6.69. The highest BCUT2D eigenvalue weighted by Gasteiger charge is 2.17. The van der Waals surface area contributed by atoms with Gasteiger partial charge in [0.25, 0.3) is 5.56 Å². The van der Waals surface area contributed by atoms with Crippen LogP contribution in [0.1, 0.15) is 31.2 Å². The second-order valence-corrected chi connectivity index (χ2v) is 8.39. The zero-order valence-corrected chi connectivity index (χ0v) is 16.7. The average molecular weight is 396 g/mol. The van der Waals surface area contributed by atoms with Gasteiger partial charge in [-0.3, -0.25) is 4.79 Å². The van der Waals surface area contributed by atoms with Crippen molar-refractivity contribution in [3.05, 3.63) is 64.3 Å². The number of fused-ring (bicyclic) bond motifs is 1. The van der Waals surface area contributed by atoms with Crippen LogP contribution in [0.3, 0.4) is 0 Å². The number of hydrogen-bond acceptors (Lipinski definition) is 7. The van der Waals surface area contributed by atoms with Crippen molar-refractivity contribution < 1.29 is 0 Å². The van der Waals surface area contributed by atoms with Gasteiger partial charge in [0, 0.05) is 12.1 Å². The largest absolute Gasteiger partial charge is 0.268 e. The Bertz CT molecular complexity index is 1160. The predicted molar refractivity (Wildman–Crippen MR) is 108 cm³/mol. The van der Waals surface area contributed by atoms with Crippen LogP contribution in [0.15, 0.2) is 56.9 Å². The number of benzene rings is 1. The Labute approximate surface area is 164 Å². The van der Waals surface area contributed by atoms with Crippen molar-refractivity contribution in [3.63, 3.8) is 0 Å². The van der Waals surface area contributed by atoms with Gasteiger partial charge in [-0.05, 0) is 54.0 Å². The molecule has 0 aliphatic heterocycles. The maximum absolute atomic E-state index is 13.2. The number of aromatic nitrogens is 5. The van der Waals surface area contributed by atoms with Crippen molar-refractivity contribution in [3.8, 4) is 5.82 Å². The first-order valence-corrected chi connectivity index (χ1v) is 10.1. The van der Waals surface area contributed by atoms with Crippen LogP contribution in [-0.4, -0.2) is 23.9 Å². The third-order valence-electron chi connectivity index (χ3n) is 3.99. The van der Waals surface area contributed by atoms with E-state index < -0.39 is 0 Å². The maximum atomic E-state index is 13.2. The second kappa shape index (κ2) is 7.21. The lowest BCUT2D eigenvalue weighted by atomic mass is 10.2. The van der Waals surface area contributed by atoms with Gasteiger partial charge < -0.3 is 0 Å². The molecule has 3 aromatic heterocycles. The van der Waals surface area contributed by atoms with E-state index >= 15 is 0 Å². The topological polar surface area (TPSA) is 73.6 Å². The fraction of sp³-hybridized carbons (Fsp3) is 0.211. The van der Waals surface area contributed by atoms with E-state index in [9.17, 15) is 4.79 Å². The standard InChI is InChI=1S/C19H17N5OS2/c1-11(2)16-22-19(27-23-16)26-18-21-14-7-5-4-6-13(14)17(25)24(18)15-9-8-12(3)10-20-15/h4-11H,1-3H3. The van der Waals surface area contributed by atoms with Gasteiger partial charge in [-0.2, -0.15) is 4.37 Å². The van der Waals surface area contributed by atoms with Crippen molar-refractivity contribution in [2.24, 2.45) is 0 Å². The summed E-state index contributed by atoms with van der Waals surface area (Å²) >= 11 is 2.65. The van der Waals surface area contributed by atoms with E-state index in [1.807, 2.05) is 37.3 Å². The molecule has 3 heterocycles. The van der Waals surface area contributed by atoms with Crippen LogP contribution >= 0.6 is 23.3 Å². The van der Waals surface area contributed by atoms with E-state index in [0.717, 1.165) is 15.7 Å². The Morgan fingerprint density at radius 1 is 1.11 bits per heavy atom. The summed E-state index contributed by atoms with van der Waals surface area (Å²) in [6.07, 6.45) is 1.74. The quantitative estimate of drug-likeness (QED) is 0.482. The van der Waals surface area contributed by atoms with Gasteiger partial charge in [0.15, 0.2) is 9.50 Å². The minimum Gasteiger partial charge on any atom is -0.268 e. The van der Waals surface area contributed by atoms with E-state index in [2.05, 4.69) is 28.2 Å². The van der Waals surface area contributed by atoms with Crippen molar-refractivity contribution in [2.75, 3.05) is 0 Å². The van der Waals surface area contributed by atoms with Crippen LogP contribution < -0.4 is 5.56 Å². The van der Waals surface area contributed by atoms with Crippen LogP contribution in [-0.2, 0) is 0 Å². The highest BCUT2D eigenvalue weighted by molar-refractivity contribution is 8.00. The summed E-state index contributed by atoms with van der Waals surface area (Å²) in [6.45, 7) is 6.07. The molecule has 27 heavy (non-hydrogen) atoms. The van der Waals surface area contributed by atoms with Gasteiger partial charge in [0.2, 0.25) is 0 Å². The molecule has 0 saturated carbocycles.